The Balaban J connectivity index is 1.72. The number of rotatable bonds is 4. The largest absolute Gasteiger partial charge is 0.370 e. The summed E-state index contributed by atoms with van der Waals surface area (Å²) in [7, 11) is 0. The fourth-order valence-electron chi connectivity index (χ4n) is 2.62. The SMILES string of the molecule is CC1CCCN(C(N)=NCCCc2ccccc2)C1. The second-order valence-corrected chi connectivity index (χ2v) is 5.52. The first kappa shape index (κ1) is 13.9. The van der Waals surface area contributed by atoms with Crippen molar-refractivity contribution in [1.82, 2.24) is 4.90 Å². The molecule has 1 fully saturated rings. The smallest absolute Gasteiger partial charge is 0.191 e. The van der Waals surface area contributed by atoms with Crippen molar-refractivity contribution in [1.29, 1.82) is 0 Å². The fraction of sp³-hybridized carbons (Fsp3) is 0.562. The van der Waals surface area contributed by atoms with E-state index in [4.69, 9.17) is 5.73 Å². The second kappa shape index (κ2) is 7.17. The van der Waals surface area contributed by atoms with E-state index in [1.54, 1.807) is 0 Å². The molecule has 3 nitrogen and oxygen atoms in total. The highest BCUT2D eigenvalue weighted by molar-refractivity contribution is 5.78. The van der Waals surface area contributed by atoms with E-state index >= 15 is 0 Å². The van der Waals surface area contributed by atoms with Crippen LogP contribution in [0.4, 0.5) is 0 Å². The predicted octanol–water partition coefficient (Wildman–Crippen LogP) is 2.67. The number of hydrogen-bond acceptors (Lipinski definition) is 1. The lowest BCUT2D eigenvalue weighted by molar-refractivity contribution is 0.270. The number of nitrogens with two attached hydrogens (primary N) is 1. The highest BCUT2D eigenvalue weighted by atomic mass is 15.3. The van der Waals surface area contributed by atoms with E-state index in [1.807, 2.05) is 0 Å². The molecule has 1 aromatic carbocycles. The van der Waals surface area contributed by atoms with Gasteiger partial charge in [0.2, 0.25) is 0 Å². The van der Waals surface area contributed by atoms with Crippen LogP contribution in [0.1, 0.15) is 31.7 Å². The molecule has 3 heteroatoms. The van der Waals surface area contributed by atoms with Crippen LogP contribution in [0.15, 0.2) is 35.3 Å². The maximum absolute atomic E-state index is 6.07. The molecule has 1 heterocycles. The highest BCUT2D eigenvalue weighted by Crippen LogP contribution is 2.14. The van der Waals surface area contributed by atoms with Crippen LogP contribution in [-0.2, 0) is 6.42 Å². The van der Waals surface area contributed by atoms with Gasteiger partial charge in [0, 0.05) is 19.6 Å². The Labute approximate surface area is 116 Å². The standard InChI is InChI=1S/C16H25N3/c1-14-7-6-12-19(13-14)16(17)18-11-5-10-15-8-3-2-4-9-15/h2-4,8-9,14H,5-7,10-13H2,1H3,(H2,17,18). The van der Waals surface area contributed by atoms with Crippen LogP contribution in [0.3, 0.4) is 0 Å². The molecule has 1 saturated heterocycles. The molecule has 19 heavy (non-hydrogen) atoms. The van der Waals surface area contributed by atoms with Gasteiger partial charge < -0.3 is 10.6 Å². The molecule has 0 saturated carbocycles. The van der Waals surface area contributed by atoms with Gasteiger partial charge in [-0.3, -0.25) is 4.99 Å². The third-order valence-electron chi connectivity index (χ3n) is 3.72. The summed E-state index contributed by atoms with van der Waals surface area (Å²) >= 11 is 0. The topological polar surface area (TPSA) is 41.6 Å². The van der Waals surface area contributed by atoms with Crippen molar-refractivity contribution in [2.24, 2.45) is 16.6 Å². The van der Waals surface area contributed by atoms with Crippen molar-refractivity contribution < 1.29 is 0 Å². The Hall–Kier alpha value is -1.51. The summed E-state index contributed by atoms with van der Waals surface area (Å²) in [6.45, 7) is 5.24. The van der Waals surface area contributed by atoms with Gasteiger partial charge in [-0.1, -0.05) is 37.3 Å². The maximum atomic E-state index is 6.07. The van der Waals surface area contributed by atoms with Crippen molar-refractivity contribution >= 4 is 5.96 Å². The molecule has 0 spiro atoms. The van der Waals surface area contributed by atoms with Crippen LogP contribution in [0.2, 0.25) is 0 Å². The van der Waals surface area contributed by atoms with Gasteiger partial charge in [0.1, 0.15) is 0 Å². The Morgan fingerprint density at radius 1 is 1.37 bits per heavy atom. The van der Waals surface area contributed by atoms with Crippen LogP contribution in [0, 0.1) is 5.92 Å². The molecule has 2 N–H and O–H groups in total. The Bertz CT molecular complexity index is 400. The van der Waals surface area contributed by atoms with Gasteiger partial charge in [-0.05, 0) is 37.2 Å². The molecule has 1 aliphatic heterocycles. The van der Waals surface area contributed by atoms with Crippen molar-refractivity contribution in [2.45, 2.75) is 32.6 Å². The molecule has 104 valence electrons. The van der Waals surface area contributed by atoms with Crippen molar-refractivity contribution in [3.05, 3.63) is 35.9 Å². The third kappa shape index (κ3) is 4.58. The van der Waals surface area contributed by atoms with Gasteiger partial charge in [-0.2, -0.15) is 0 Å². The minimum Gasteiger partial charge on any atom is -0.370 e. The summed E-state index contributed by atoms with van der Waals surface area (Å²) in [5.74, 6) is 1.48. The highest BCUT2D eigenvalue weighted by Gasteiger charge is 2.17. The Morgan fingerprint density at radius 3 is 2.89 bits per heavy atom. The molecule has 0 aliphatic carbocycles. The first-order valence-electron chi connectivity index (χ1n) is 7.34. The normalized spacial score (nSPS) is 20.6. The zero-order chi connectivity index (χ0) is 13.5. The summed E-state index contributed by atoms with van der Waals surface area (Å²) in [6.07, 6.45) is 4.70. The predicted molar refractivity (Wildman–Crippen MR) is 81.2 cm³/mol. The van der Waals surface area contributed by atoms with Gasteiger partial charge in [-0.25, -0.2) is 0 Å². The maximum Gasteiger partial charge on any atom is 0.191 e. The fourth-order valence-corrected chi connectivity index (χ4v) is 2.62. The first-order valence-corrected chi connectivity index (χ1v) is 7.34. The molecule has 1 atom stereocenters. The molecular weight excluding hydrogens is 234 g/mol. The molecule has 0 amide bonds. The molecule has 0 aromatic heterocycles. The van der Waals surface area contributed by atoms with Gasteiger partial charge in [0.25, 0.3) is 0 Å². The van der Waals surface area contributed by atoms with E-state index in [2.05, 4.69) is 47.1 Å². The number of piperidine rings is 1. The molecule has 0 radical (unpaired) electrons. The van der Waals surface area contributed by atoms with E-state index in [0.717, 1.165) is 44.4 Å². The average molecular weight is 259 g/mol. The second-order valence-electron chi connectivity index (χ2n) is 5.52. The van der Waals surface area contributed by atoms with E-state index in [9.17, 15) is 0 Å². The van der Waals surface area contributed by atoms with Gasteiger partial charge in [0.05, 0.1) is 0 Å². The molecule has 1 unspecified atom stereocenters. The lowest BCUT2D eigenvalue weighted by Gasteiger charge is -2.31. The van der Waals surface area contributed by atoms with Crippen LogP contribution in [0.5, 0.6) is 0 Å². The van der Waals surface area contributed by atoms with E-state index in [0.29, 0.717) is 0 Å². The first-order chi connectivity index (χ1) is 9.25. The van der Waals surface area contributed by atoms with Crippen LogP contribution in [0.25, 0.3) is 0 Å². The van der Waals surface area contributed by atoms with Crippen molar-refractivity contribution in [2.75, 3.05) is 19.6 Å². The zero-order valence-corrected chi connectivity index (χ0v) is 11.9. The van der Waals surface area contributed by atoms with Crippen LogP contribution in [-0.4, -0.2) is 30.5 Å². The van der Waals surface area contributed by atoms with Gasteiger partial charge in [0.15, 0.2) is 5.96 Å². The average Bonchev–Trinajstić information content (AvgIpc) is 2.44. The molecule has 1 aliphatic rings. The summed E-state index contributed by atoms with van der Waals surface area (Å²) in [5, 5.41) is 0. The summed E-state index contributed by atoms with van der Waals surface area (Å²) in [6, 6.07) is 10.6. The Kier molecular flexibility index (Phi) is 5.25. The van der Waals surface area contributed by atoms with Crippen LogP contribution < -0.4 is 5.73 Å². The van der Waals surface area contributed by atoms with Crippen molar-refractivity contribution in [3.8, 4) is 0 Å². The lowest BCUT2D eigenvalue weighted by Crippen LogP contribution is -2.43. The number of nitrogens with zero attached hydrogens (tertiary/aromatic N) is 2. The number of likely N-dealkylation sites (tertiary alicyclic amines) is 1. The third-order valence-corrected chi connectivity index (χ3v) is 3.72. The number of aryl methyl sites for hydroxylation is 1. The summed E-state index contributed by atoms with van der Waals surface area (Å²) < 4.78 is 0. The molecular formula is C16H25N3. The van der Waals surface area contributed by atoms with Gasteiger partial charge >= 0.3 is 0 Å². The van der Waals surface area contributed by atoms with E-state index in [1.165, 1.54) is 18.4 Å². The van der Waals surface area contributed by atoms with Crippen LogP contribution >= 0.6 is 0 Å². The molecule has 1 aromatic rings. The Morgan fingerprint density at radius 2 is 2.16 bits per heavy atom. The minimum absolute atomic E-state index is 0.736. The number of benzene rings is 1. The summed E-state index contributed by atoms with van der Waals surface area (Å²) in [5.41, 5.74) is 7.44. The molecule has 2 rings (SSSR count). The van der Waals surface area contributed by atoms with E-state index < -0.39 is 0 Å². The number of hydrogen-bond donors (Lipinski definition) is 1. The summed E-state index contributed by atoms with van der Waals surface area (Å²) in [4.78, 5) is 6.75. The van der Waals surface area contributed by atoms with E-state index in [-0.39, 0.29) is 0 Å². The zero-order valence-electron chi connectivity index (χ0n) is 11.9. The quantitative estimate of drug-likeness (QED) is 0.513. The lowest BCUT2D eigenvalue weighted by atomic mass is 10.0. The number of guanidine groups is 1. The van der Waals surface area contributed by atoms with Gasteiger partial charge in [-0.15, -0.1) is 0 Å². The van der Waals surface area contributed by atoms with Crippen molar-refractivity contribution in [3.63, 3.8) is 0 Å². The number of aliphatic imine (C=N–C) groups is 1. The molecule has 0 bridgehead atoms. The monoisotopic (exact) mass is 259 g/mol. The minimum atomic E-state index is 0.736.